The highest BCUT2D eigenvalue weighted by Crippen LogP contribution is 2.30. The summed E-state index contributed by atoms with van der Waals surface area (Å²) in [6.07, 6.45) is 1.05. The Morgan fingerprint density at radius 1 is 1.18 bits per heavy atom. The summed E-state index contributed by atoms with van der Waals surface area (Å²) < 4.78 is 16.5. The maximum absolute atomic E-state index is 5.91. The van der Waals surface area contributed by atoms with Crippen LogP contribution in [0.3, 0.4) is 0 Å². The van der Waals surface area contributed by atoms with Gasteiger partial charge in [0.05, 0.1) is 20.3 Å². The molecule has 1 aliphatic heterocycles. The molecule has 0 saturated carbocycles. The fourth-order valence-electron chi connectivity index (χ4n) is 2.74. The minimum absolute atomic E-state index is 0.646. The number of ether oxygens (including phenoxy) is 3. The monoisotopic (exact) mass is 307 g/mol. The van der Waals surface area contributed by atoms with E-state index in [1.807, 2.05) is 6.07 Å². The van der Waals surface area contributed by atoms with Gasteiger partial charge >= 0.3 is 0 Å². The van der Waals surface area contributed by atoms with Gasteiger partial charge in [0.15, 0.2) is 11.5 Å². The number of rotatable bonds is 9. The molecule has 1 aliphatic rings. The Hall–Kier alpha value is -1.26. The van der Waals surface area contributed by atoms with Crippen molar-refractivity contribution in [1.29, 1.82) is 0 Å². The molecule has 1 saturated heterocycles. The van der Waals surface area contributed by atoms with E-state index >= 15 is 0 Å². The van der Waals surface area contributed by atoms with Gasteiger partial charge in [0.1, 0.15) is 0 Å². The number of nitrogens with zero attached hydrogens (tertiary/aromatic N) is 1. The van der Waals surface area contributed by atoms with Crippen LogP contribution in [0.4, 0.5) is 0 Å². The van der Waals surface area contributed by atoms with Crippen LogP contribution in [0.5, 0.6) is 11.5 Å². The minimum Gasteiger partial charge on any atom is -0.493 e. The minimum atomic E-state index is 0.646. The number of likely N-dealkylation sites (tertiary alicyclic amines) is 1. The molecule has 124 valence electrons. The van der Waals surface area contributed by atoms with Crippen LogP contribution in [0, 0.1) is 11.8 Å². The van der Waals surface area contributed by atoms with E-state index in [9.17, 15) is 0 Å². The fraction of sp³-hybridized carbons (Fsp3) is 0.667. The van der Waals surface area contributed by atoms with E-state index in [4.69, 9.17) is 14.2 Å². The predicted octanol–water partition coefficient (Wildman–Crippen LogP) is 3.20. The molecule has 4 heteroatoms. The zero-order chi connectivity index (χ0) is 15.9. The van der Waals surface area contributed by atoms with Gasteiger partial charge in [-0.2, -0.15) is 0 Å². The van der Waals surface area contributed by atoms with Crippen LogP contribution in [0.2, 0.25) is 0 Å². The maximum atomic E-state index is 5.91. The van der Waals surface area contributed by atoms with Gasteiger partial charge in [0, 0.05) is 32.7 Å². The van der Waals surface area contributed by atoms with Crippen LogP contribution < -0.4 is 9.47 Å². The molecule has 4 nitrogen and oxygen atoms in total. The summed E-state index contributed by atoms with van der Waals surface area (Å²) in [4.78, 5) is 2.43. The average molecular weight is 307 g/mol. The highest BCUT2D eigenvalue weighted by Gasteiger charge is 2.26. The zero-order valence-corrected chi connectivity index (χ0v) is 14.3. The van der Waals surface area contributed by atoms with Crippen molar-refractivity contribution in [3.63, 3.8) is 0 Å². The third kappa shape index (κ3) is 4.89. The lowest BCUT2D eigenvalue weighted by Crippen LogP contribution is -2.47. The van der Waals surface area contributed by atoms with Gasteiger partial charge in [-0.05, 0) is 30.0 Å². The molecule has 0 amide bonds. The normalized spacial score (nSPS) is 15.9. The fourth-order valence-corrected chi connectivity index (χ4v) is 2.74. The van der Waals surface area contributed by atoms with Gasteiger partial charge in [-0.1, -0.05) is 19.9 Å². The highest BCUT2D eigenvalue weighted by atomic mass is 16.5. The molecule has 1 aromatic rings. The van der Waals surface area contributed by atoms with Crippen LogP contribution in [0.15, 0.2) is 18.2 Å². The van der Waals surface area contributed by atoms with Crippen molar-refractivity contribution in [2.24, 2.45) is 11.8 Å². The molecule has 22 heavy (non-hydrogen) atoms. The van der Waals surface area contributed by atoms with Crippen LogP contribution in [-0.4, -0.2) is 45.4 Å². The first-order valence-corrected chi connectivity index (χ1v) is 8.13. The molecule has 1 aromatic carbocycles. The zero-order valence-electron chi connectivity index (χ0n) is 14.3. The van der Waals surface area contributed by atoms with E-state index in [1.165, 1.54) is 5.56 Å². The Kier molecular flexibility index (Phi) is 6.52. The van der Waals surface area contributed by atoms with Gasteiger partial charge < -0.3 is 14.2 Å². The molecule has 0 radical (unpaired) electrons. The van der Waals surface area contributed by atoms with Crippen molar-refractivity contribution in [2.75, 3.05) is 40.5 Å². The summed E-state index contributed by atoms with van der Waals surface area (Å²) in [6.45, 7) is 9.20. The molecule has 0 unspecified atom stereocenters. The molecule has 2 rings (SSSR count). The largest absolute Gasteiger partial charge is 0.493 e. The summed E-state index contributed by atoms with van der Waals surface area (Å²) in [5.41, 5.74) is 1.27. The molecule has 0 N–H and O–H groups in total. The average Bonchev–Trinajstić information content (AvgIpc) is 2.45. The molecular weight excluding hydrogens is 278 g/mol. The van der Waals surface area contributed by atoms with Crippen molar-refractivity contribution in [3.05, 3.63) is 23.8 Å². The molecule has 0 atom stereocenters. The van der Waals surface area contributed by atoms with Crippen molar-refractivity contribution in [2.45, 2.75) is 26.8 Å². The summed E-state index contributed by atoms with van der Waals surface area (Å²) >= 11 is 0. The Morgan fingerprint density at radius 3 is 2.59 bits per heavy atom. The second kappa shape index (κ2) is 8.39. The van der Waals surface area contributed by atoms with E-state index in [0.717, 1.165) is 50.8 Å². The topological polar surface area (TPSA) is 30.9 Å². The molecule has 0 aliphatic carbocycles. The van der Waals surface area contributed by atoms with Gasteiger partial charge in [0.2, 0.25) is 0 Å². The van der Waals surface area contributed by atoms with Gasteiger partial charge in [0.25, 0.3) is 0 Å². The first-order valence-electron chi connectivity index (χ1n) is 8.13. The Morgan fingerprint density at radius 2 is 1.95 bits per heavy atom. The smallest absolute Gasteiger partial charge is 0.161 e. The van der Waals surface area contributed by atoms with E-state index in [0.29, 0.717) is 11.8 Å². The summed E-state index contributed by atoms with van der Waals surface area (Å²) in [6, 6.07) is 6.24. The van der Waals surface area contributed by atoms with Crippen molar-refractivity contribution >= 4 is 0 Å². The highest BCUT2D eigenvalue weighted by molar-refractivity contribution is 5.43. The molecular formula is C18H29NO3. The first-order chi connectivity index (χ1) is 10.6. The Balaban J connectivity index is 1.89. The third-order valence-corrected chi connectivity index (χ3v) is 4.02. The second-order valence-electron chi connectivity index (χ2n) is 6.53. The molecule has 0 spiro atoms. The summed E-state index contributed by atoms with van der Waals surface area (Å²) in [7, 11) is 3.46. The summed E-state index contributed by atoms with van der Waals surface area (Å²) in [5, 5.41) is 0. The molecule has 0 aromatic heterocycles. The van der Waals surface area contributed by atoms with E-state index in [-0.39, 0.29) is 0 Å². The van der Waals surface area contributed by atoms with Crippen molar-refractivity contribution in [1.82, 2.24) is 4.90 Å². The van der Waals surface area contributed by atoms with Crippen LogP contribution in [0.1, 0.15) is 25.8 Å². The lowest BCUT2D eigenvalue weighted by Gasteiger charge is -2.39. The predicted molar refractivity (Wildman–Crippen MR) is 88.6 cm³/mol. The molecule has 1 heterocycles. The van der Waals surface area contributed by atoms with Crippen molar-refractivity contribution < 1.29 is 14.2 Å². The lowest BCUT2D eigenvalue weighted by atomic mass is 10.0. The number of methoxy groups -OCH3 is 2. The van der Waals surface area contributed by atoms with E-state index < -0.39 is 0 Å². The van der Waals surface area contributed by atoms with Gasteiger partial charge in [-0.3, -0.25) is 4.90 Å². The van der Waals surface area contributed by atoms with Crippen LogP contribution >= 0.6 is 0 Å². The lowest BCUT2D eigenvalue weighted by molar-refractivity contribution is 0.0293. The van der Waals surface area contributed by atoms with E-state index in [2.05, 4.69) is 30.9 Å². The second-order valence-corrected chi connectivity index (χ2v) is 6.53. The standard InChI is InChI=1S/C18H29NO3/c1-14(2)7-8-22-18-9-15(5-6-17(18)21-4)10-19-11-16(12-19)13-20-3/h5-6,9,14,16H,7-8,10-13H2,1-4H3. The third-order valence-electron chi connectivity index (χ3n) is 4.02. The molecule has 0 bridgehead atoms. The Bertz CT molecular complexity index is 456. The first kappa shape index (κ1) is 17.1. The van der Waals surface area contributed by atoms with Crippen LogP contribution in [0.25, 0.3) is 0 Å². The van der Waals surface area contributed by atoms with E-state index in [1.54, 1.807) is 14.2 Å². The number of benzene rings is 1. The Labute approximate surface area is 134 Å². The molecule has 1 fully saturated rings. The van der Waals surface area contributed by atoms with Crippen molar-refractivity contribution in [3.8, 4) is 11.5 Å². The van der Waals surface area contributed by atoms with Crippen LogP contribution in [-0.2, 0) is 11.3 Å². The number of hydrogen-bond acceptors (Lipinski definition) is 4. The van der Waals surface area contributed by atoms with Gasteiger partial charge in [-0.25, -0.2) is 0 Å². The summed E-state index contributed by atoms with van der Waals surface area (Å²) in [5.74, 6) is 3.00. The SMILES string of the molecule is COCC1CN(Cc2ccc(OC)c(OCCC(C)C)c2)C1. The number of hydrogen-bond donors (Lipinski definition) is 0. The quantitative estimate of drug-likeness (QED) is 0.701. The maximum Gasteiger partial charge on any atom is 0.161 e. The van der Waals surface area contributed by atoms with Gasteiger partial charge in [-0.15, -0.1) is 0 Å².